The Hall–Kier alpha value is -3.61. The predicted octanol–water partition coefficient (Wildman–Crippen LogP) is -1.03. The first kappa shape index (κ1) is 28.6. The van der Waals surface area contributed by atoms with Gasteiger partial charge in [0.15, 0.2) is 0 Å². The lowest BCUT2D eigenvalue weighted by Gasteiger charge is -2.25. The minimum atomic E-state index is -1.58. The van der Waals surface area contributed by atoms with E-state index in [-0.39, 0.29) is 24.3 Å². The summed E-state index contributed by atoms with van der Waals surface area (Å²) in [6, 6.07) is 9.85. The molecule has 8 N–H and O–H groups in total. The summed E-state index contributed by atoms with van der Waals surface area (Å²) in [6.45, 7) is -0.852. The number of rotatable bonds is 13. The van der Waals surface area contributed by atoms with Crippen LogP contribution >= 0.6 is 12.6 Å². The van der Waals surface area contributed by atoms with E-state index in [4.69, 9.17) is 5.73 Å². The lowest BCUT2D eigenvalue weighted by atomic mass is 10.0. The fourth-order valence-electron chi connectivity index (χ4n) is 3.23. The molecule has 0 aromatic heterocycles. The molecule has 0 aliphatic rings. The van der Waals surface area contributed by atoms with Gasteiger partial charge in [-0.25, -0.2) is 4.79 Å². The number of carbonyl (C=O) groups excluding carboxylic acids is 3. The Kier molecular flexibility index (Phi) is 11.2. The van der Waals surface area contributed by atoms with Gasteiger partial charge in [-0.15, -0.1) is 0 Å². The normalized spacial score (nSPS) is 14.1. The summed E-state index contributed by atoms with van der Waals surface area (Å²) in [7, 11) is 0. The van der Waals surface area contributed by atoms with Crippen LogP contribution in [0.15, 0.2) is 54.6 Å². The Morgan fingerprint density at radius 3 is 1.72 bits per heavy atom. The van der Waals surface area contributed by atoms with Crippen LogP contribution in [0.25, 0.3) is 0 Å². The molecule has 3 amide bonds. The summed E-state index contributed by atoms with van der Waals surface area (Å²) in [5, 5.41) is 35.3. The highest BCUT2D eigenvalue weighted by atomic mass is 32.1. The number of phenolic OH excluding ortho intramolecular Hbond substituents is 1. The fraction of sp³-hybridized carbons (Fsp3) is 0.333. The number of carbonyl (C=O) groups is 4. The Balaban J connectivity index is 2.29. The van der Waals surface area contributed by atoms with Crippen LogP contribution in [0.5, 0.6) is 5.75 Å². The standard InChI is InChI=1S/C24H30N4O7S/c25-17(13-36)21(31)26-18(10-14-4-2-1-3-5-14)22(32)27-19(11-15-6-8-16(30)9-7-15)23(33)28-20(12-29)24(34)35/h1-9,17-20,29-30,36H,10-13,25H2,(H,26,31)(H,27,32)(H,28,33)(H,34,35). The molecule has 11 nitrogen and oxygen atoms in total. The molecule has 0 aliphatic heterocycles. The Labute approximate surface area is 213 Å². The van der Waals surface area contributed by atoms with E-state index in [1.165, 1.54) is 24.3 Å². The van der Waals surface area contributed by atoms with Crippen molar-refractivity contribution in [3.05, 3.63) is 65.7 Å². The first-order valence-corrected chi connectivity index (χ1v) is 11.7. The van der Waals surface area contributed by atoms with Gasteiger partial charge in [0.2, 0.25) is 17.7 Å². The molecule has 194 valence electrons. The van der Waals surface area contributed by atoms with Gasteiger partial charge in [0.25, 0.3) is 0 Å². The molecule has 2 aromatic carbocycles. The number of hydrogen-bond acceptors (Lipinski definition) is 8. The van der Waals surface area contributed by atoms with Gasteiger partial charge in [-0.2, -0.15) is 12.6 Å². The van der Waals surface area contributed by atoms with Gasteiger partial charge < -0.3 is 37.0 Å². The topological polar surface area (TPSA) is 191 Å². The van der Waals surface area contributed by atoms with Crippen LogP contribution in [0.4, 0.5) is 0 Å². The van der Waals surface area contributed by atoms with Crippen molar-refractivity contribution in [1.29, 1.82) is 0 Å². The Morgan fingerprint density at radius 1 is 0.778 bits per heavy atom. The van der Waals surface area contributed by atoms with Gasteiger partial charge in [-0.1, -0.05) is 42.5 Å². The van der Waals surface area contributed by atoms with Crippen LogP contribution < -0.4 is 21.7 Å². The van der Waals surface area contributed by atoms with E-state index in [9.17, 15) is 34.5 Å². The van der Waals surface area contributed by atoms with Crippen LogP contribution in [-0.4, -0.2) is 75.5 Å². The highest BCUT2D eigenvalue weighted by Gasteiger charge is 2.30. The monoisotopic (exact) mass is 518 g/mol. The fourth-order valence-corrected chi connectivity index (χ4v) is 3.39. The third-order valence-corrected chi connectivity index (χ3v) is 5.65. The molecule has 4 unspecified atom stereocenters. The molecule has 0 saturated carbocycles. The number of thiol groups is 1. The number of hydrogen-bond donors (Lipinski definition) is 8. The Morgan fingerprint density at radius 2 is 1.25 bits per heavy atom. The molecule has 0 saturated heterocycles. The summed E-state index contributed by atoms with van der Waals surface area (Å²) in [6.07, 6.45) is 0.0391. The summed E-state index contributed by atoms with van der Waals surface area (Å²) in [4.78, 5) is 49.9. The zero-order valence-electron chi connectivity index (χ0n) is 19.3. The van der Waals surface area contributed by atoms with Crippen LogP contribution in [0.2, 0.25) is 0 Å². The van der Waals surface area contributed by atoms with E-state index in [0.29, 0.717) is 5.56 Å². The van der Waals surface area contributed by atoms with Crippen LogP contribution in [0.1, 0.15) is 11.1 Å². The first-order valence-electron chi connectivity index (χ1n) is 11.1. The zero-order chi connectivity index (χ0) is 26.7. The second-order valence-corrected chi connectivity index (χ2v) is 8.42. The van der Waals surface area contributed by atoms with E-state index in [0.717, 1.165) is 5.56 Å². The van der Waals surface area contributed by atoms with Crippen molar-refractivity contribution in [3.8, 4) is 5.75 Å². The molecule has 4 atom stereocenters. The SMILES string of the molecule is NC(CS)C(=O)NC(Cc1ccccc1)C(=O)NC(Cc1ccc(O)cc1)C(=O)NC(CO)C(=O)O. The van der Waals surface area contributed by atoms with Crippen LogP contribution in [0, 0.1) is 0 Å². The molecule has 0 heterocycles. The van der Waals surface area contributed by atoms with Crippen molar-refractivity contribution in [2.45, 2.75) is 37.0 Å². The number of phenols is 1. The van der Waals surface area contributed by atoms with Gasteiger partial charge in [0.05, 0.1) is 12.6 Å². The summed E-state index contributed by atoms with van der Waals surface area (Å²) in [5.41, 5.74) is 7.04. The van der Waals surface area contributed by atoms with Crippen molar-refractivity contribution >= 4 is 36.3 Å². The maximum Gasteiger partial charge on any atom is 0.328 e. The number of amides is 3. The number of aromatic hydroxyl groups is 1. The van der Waals surface area contributed by atoms with E-state index < -0.39 is 54.5 Å². The maximum atomic E-state index is 13.3. The van der Waals surface area contributed by atoms with Gasteiger partial charge in [-0.3, -0.25) is 14.4 Å². The number of aliphatic hydroxyl groups is 1. The third kappa shape index (κ3) is 8.87. The quantitative estimate of drug-likeness (QED) is 0.154. The molecule has 2 aromatic rings. The zero-order valence-corrected chi connectivity index (χ0v) is 20.2. The third-order valence-electron chi connectivity index (χ3n) is 5.26. The predicted molar refractivity (Wildman–Crippen MR) is 134 cm³/mol. The molecule has 0 radical (unpaired) electrons. The number of nitrogens with one attached hydrogen (secondary N) is 3. The lowest BCUT2D eigenvalue weighted by molar-refractivity contribution is -0.143. The number of benzene rings is 2. The molecule has 36 heavy (non-hydrogen) atoms. The van der Waals surface area contributed by atoms with Crippen LogP contribution in [0.3, 0.4) is 0 Å². The molecule has 0 bridgehead atoms. The van der Waals surface area contributed by atoms with E-state index in [1.54, 1.807) is 30.3 Å². The molecular formula is C24H30N4O7S. The molecule has 12 heteroatoms. The van der Waals surface area contributed by atoms with Gasteiger partial charge in [-0.05, 0) is 23.3 Å². The van der Waals surface area contributed by atoms with Crippen molar-refractivity contribution in [2.75, 3.05) is 12.4 Å². The molecular weight excluding hydrogens is 488 g/mol. The van der Waals surface area contributed by atoms with Gasteiger partial charge >= 0.3 is 5.97 Å². The largest absolute Gasteiger partial charge is 0.508 e. The molecule has 0 spiro atoms. The number of aliphatic hydroxyl groups excluding tert-OH is 1. The lowest BCUT2D eigenvalue weighted by Crippen LogP contribution is -2.58. The van der Waals surface area contributed by atoms with Crippen molar-refractivity contribution < 1.29 is 34.5 Å². The first-order chi connectivity index (χ1) is 17.1. The second-order valence-electron chi connectivity index (χ2n) is 8.05. The summed E-state index contributed by atoms with van der Waals surface area (Å²) in [5.74, 6) is -3.55. The smallest absolute Gasteiger partial charge is 0.328 e. The van der Waals surface area contributed by atoms with Crippen molar-refractivity contribution in [1.82, 2.24) is 16.0 Å². The second kappa shape index (κ2) is 14.1. The molecule has 0 aliphatic carbocycles. The van der Waals surface area contributed by atoms with Crippen LogP contribution in [-0.2, 0) is 32.0 Å². The molecule has 0 fully saturated rings. The Bertz CT molecular complexity index is 1040. The number of aliphatic carboxylic acids is 1. The van der Waals surface area contributed by atoms with E-state index in [1.807, 2.05) is 0 Å². The molecule has 2 rings (SSSR count). The number of nitrogens with two attached hydrogens (primary N) is 1. The minimum absolute atomic E-state index is 0.00109. The van der Waals surface area contributed by atoms with Gasteiger partial charge in [0.1, 0.15) is 23.9 Å². The number of carboxylic acids is 1. The highest BCUT2D eigenvalue weighted by Crippen LogP contribution is 2.12. The van der Waals surface area contributed by atoms with E-state index in [2.05, 4.69) is 28.6 Å². The minimum Gasteiger partial charge on any atom is -0.508 e. The maximum absolute atomic E-state index is 13.3. The number of carboxylic acid groups (broad SMARTS) is 1. The van der Waals surface area contributed by atoms with Crippen molar-refractivity contribution in [2.24, 2.45) is 5.73 Å². The van der Waals surface area contributed by atoms with Gasteiger partial charge in [0, 0.05) is 18.6 Å². The van der Waals surface area contributed by atoms with E-state index >= 15 is 0 Å². The average molecular weight is 519 g/mol. The summed E-state index contributed by atoms with van der Waals surface area (Å²) >= 11 is 4.01. The summed E-state index contributed by atoms with van der Waals surface area (Å²) < 4.78 is 0. The highest BCUT2D eigenvalue weighted by molar-refractivity contribution is 7.80. The van der Waals surface area contributed by atoms with Crippen molar-refractivity contribution in [3.63, 3.8) is 0 Å². The average Bonchev–Trinajstić information content (AvgIpc) is 2.87.